The second-order valence-corrected chi connectivity index (χ2v) is 15.6. The van der Waals surface area contributed by atoms with Crippen molar-refractivity contribution in [2.75, 3.05) is 51.7 Å². The van der Waals surface area contributed by atoms with E-state index in [0.29, 0.717) is 22.6 Å². The number of amides is 2. The number of benzene rings is 2. The number of rotatable bonds is 9. The highest BCUT2D eigenvalue weighted by Gasteiger charge is 2.49. The second kappa shape index (κ2) is 13.1. The maximum Gasteiger partial charge on any atom is 0.317 e. The van der Waals surface area contributed by atoms with E-state index in [9.17, 15) is 13.2 Å². The summed E-state index contributed by atoms with van der Waals surface area (Å²) in [5.74, 6) is 1.60. The van der Waals surface area contributed by atoms with Crippen molar-refractivity contribution in [2.24, 2.45) is 17.8 Å². The number of hydrogen-bond acceptors (Lipinski definition) is 6. The van der Waals surface area contributed by atoms with Crippen molar-refractivity contribution in [2.45, 2.75) is 60.3 Å². The Morgan fingerprint density at radius 1 is 0.911 bits per heavy atom. The lowest BCUT2D eigenvalue weighted by Crippen LogP contribution is -2.55. The molecule has 2 aliphatic heterocycles. The zero-order valence-electron chi connectivity index (χ0n) is 26.8. The molecule has 8 nitrogen and oxygen atoms in total. The van der Waals surface area contributed by atoms with Crippen molar-refractivity contribution in [3.63, 3.8) is 0 Å². The summed E-state index contributed by atoms with van der Waals surface area (Å²) in [6.45, 7) is 7.77. The van der Waals surface area contributed by atoms with E-state index in [0.717, 1.165) is 57.7 Å². The number of aromatic nitrogens is 1. The van der Waals surface area contributed by atoms with Crippen LogP contribution in [0.5, 0.6) is 0 Å². The molecule has 0 bridgehead atoms. The number of anilines is 1. The number of carbonyl (C=O) groups excluding carboxylic acids is 1. The smallest absolute Gasteiger partial charge is 0.317 e. The molecule has 3 aromatic rings. The molecule has 1 aliphatic carbocycles. The third-order valence-electron chi connectivity index (χ3n) is 10.8. The first kappa shape index (κ1) is 31.5. The van der Waals surface area contributed by atoms with E-state index in [2.05, 4.69) is 57.4 Å². The molecule has 2 amide bonds. The Labute approximate surface area is 268 Å². The fraction of sp³-hybridized carbons (Fsp3) is 0.500. The lowest BCUT2D eigenvalue weighted by Gasteiger charge is -2.50. The minimum absolute atomic E-state index is 0.0117. The van der Waals surface area contributed by atoms with Gasteiger partial charge in [0, 0.05) is 69.2 Å². The number of likely N-dealkylation sites (tertiary alicyclic amines) is 1. The van der Waals surface area contributed by atoms with Crippen molar-refractivity contribution < 1.29 is 13.2 Å². The number of pyridine rings is 1. The van der Waals surface area contributed by atoms with Gasteiger partial charge in [-0.25, -0.2) is 13.2 Å². The maximum atomic E-state index is 12.9. The Bertz CT molecular complexity index is 1540. The number of urea groups is 1. The van der Waals surface area contributed by atoms with Crippen LogP contribution in [0.2, 0.25) is 0 Å². The van der Waals surface area contributed by atoms with Crippen LogP contribution in [0.4, 0.5) is 10.5 Å². The quantitative estimate of drug-likeness (QED) is 0.339. The van der Waals surface area contributed by atoms with Crippen molar-refractivity contribution in [3.8, 4) is 0 Å². The molecule has 0 spiro atoms. The summed E-state index contributed by atoms with van der Waals surface area (Å²) < 4.78 is 25.9. The van der Waals surface area contributed by atoms with Crippen molar-refractivity contribution in [1.29, 1.82) is 0 Å². The van der Waals surface area contributed by atoms with Gasteiger partial charge in [0.2, 0.25) is 9.84 Å². The summed E-state index contributed by atoms with van der Waals surface area (Å²) >= 11 is 0. The molecular formula is C36H47N5O3S. The van der Waals surface area contributed by atoms with Crippen LogP contribution < -0.4 is 10.2 Å². The van der Waals surface area contributed by atoms with E-state index >= 15 is 0 Å². The van der Waals surface area contributed by atoms with Gasteiger partial charge in [-0.2, -0.15) is 0 Å². The Morgan fingerprint density at radius 3 is 2.20 bits per heavy atom. The van der Waals surface area contributed by atoms with E-state index in [4.69, 9.17) is 0 Å². The van der Waals surface area contributed by atoms with Gasteiger partial charge in [-0.3, -0.25) is 4.98 Å². The Balaban J connectivity index is 1.05. The number of piperidine rings is 1. The lowest BCUT2D eigenvalue weighted by molar-refractivity contribution is 0.0781. The fourth-order valence-corrected chi connectivity index (χ4v) is 9.40. The molecule has 3 fully saturated rings. The van der Waals surface area contributed by atoms with E-state index in [1.165, 1.54) is 42.9 Å². The standard InChI is InChI=1S/C36H47N5O3S/c1-36(28-8-5-4-6-9-28,33-10-7-11-34(33)38-35(42)39(2)3)29-18-22-40(23-19-29)24-27-25-41(26-27)30-12-14-31(15-13-30)45(43,44)32-16-20-37-21-17-32/h4-6,8-9,12-17,20-21,27,29,33-34H,7,10-11,18-19,22-26H2,1-3H3,(H,38,42)/t33-,34-,36?/m0/s1. The van der Waals surface area contributed by atoms with Gasteiger partial charge in [-0.1, -0.05) is 43.7 Å². The predicted molar refractivity (Wildman–Crippen MR) is 178 cm³/mol. The largest absolute Gasteiger partial charge is 0.371 e. The van der Waals surface area contributed by atoms with E-state index in [-0.39, 0.29) is 22.4 Å². The average Bonchev–Trinajstić information content (AvgIpc) is 3.52. The molecular weight excluding hydrogens is 582 g/mol. The molecule has 1 N–H and O–H groups in total. The molecule has 6 rings (SSSR count). The Kier molecular flexibility index (Phi) is 9.20. The molecule has 3 aliphatic rings. The highest BCUT2D eigenvalue weighted by molar-refractivity contribution is 7.91. The van der Waals surface area contributed by atoms with Crippen LogP contribution in [-0.4, -0.2) is 82.1 Å². The van der Waals surface area contributed by atoms with Crippen molar-refractivity contribution in [1.82, 2.24) is 20.1 Å². The molecule has 240 valence electrons. The van der Waals surface area contributed by atoms with Crippen LogP contribution in [0.1, 0.15) is 44.6 Å². The van der Waals surface area contributed by atoms with Gasteiger partial charge >= 0.3 is 6.03 Å². The summed E-state index contributed by atoms with van der Waals surface area (Å²) in [5, 5.41) is 3.37. The summed E-state index contributed by atoms with van der Waals surface area (Å²) in [4.78, 5) is 23.8. The molecule has 3 heterocycles. The summed E-state index contributed by atoms with van der Waals surface area (Å²) in [6.07, 6.45) is 8.70. The molecule has 1 aromatic heterocycles. The van der Waals surface area contributed by atoms with Crippen LogP contribution in [0.3, 0.4) is 0 Å². The van der Waals surface area contributed by atoms with Crippen LogP contribution in [0.15, 0.2) is 88.9 Å². The van der Waals surface area contributed by atoms with Gasteiger partial charge in [0.05, 0.1) is 9.79 Å². The van der Waals surface area contributed by atoms with E-state index in [1.807, 2.05) is 26.2 Å². The number of sulfone groups is 1. The van der Waals surface area contributed by atoms with Gasteiger partial charge in [0.1, 0.15) is 0 Å². The molecule has 3 atom stereocenters. The number of hydrogen-bond donors (Lipinski definition) is 1. The number of carbonyl (C=O) groups is 1. The van der Waals surface area contributed by atoms with Crippen molar-refractivity contribution in [3.05, 3.63) is 84.7 Å². The molecule has 2 saturated heterocycles. The van der Waals surface area contributed by atoms with Gasteiger partial charge in [0.15, 0.2) is 0 Å². The minimum atomic E-state index is -3.54. The fourth-order valence-electron chi connectivity index (χ4n) is 8.15. The van der Waals surface area contributed by atoms with Gasteiger partial charge in [0.25, 0.3) is 0 Å². The molecule has 9 heteroatoms. The maximum absolute atomic E-state index is 12.9. The highest BCUT2D eigenvalue weighted by atomic mass is 32.2. The Hall–Kier alpha value is -3.43. The van der Waals surface area contributed by atoms with Crippen molar-refractivity contribution >= 4 is 21.6 Å². The summed E-state index contributed by atoms with van der Waals surface area (Å²) in [5.41, 5.74) is 2.50. The molecule has 45 heavy (non-hydrogen) atoms. The molecule has 1 saturated carbocycles. The first-order chi connectivity index (χ1) is 21.7. The summed E-state index contributed by atoms with van der Waals surface area (Å²) in [7, 11) is 0.103. The molecule has 0 radical (unpaired) electrons. The number of nitrogens with one attached hydrogen (secondary N) is 1. The second-order valence-electron chi connectivity index (χ2n) is 13.7. The zero-order chi connectivity index (χ0) is 31.6. The van der Waals surface area contributed by atoms with Crippen LogP contribution in [0.25, 0.3) is 0 Å². The van der Waals surface area contributed by atoms with E-state index in [1.54, 1.807) is 17.0 Å². The van der Waals surface area contributed by atoms with Gasteiger partial charge in [-0.15, -0.1) is 0 Å². The summed E-state index contributed by atoms with van der Waals surface area (Å²) in [6, 6.07) is 21.6. The SMILES string of the molecule is CN(C)C(=O)N[C@H]1CCC[C@@H]1C(C)(c1ccccc1)C1CCN(CC2CN(c3ccc(S(=O)(=O)c4ccncc4)cc3)C2)CC1. The molecule has 1 unspecified atom stereocenters. The van der Waals surface area contributed by atoms with Crippen LogP contribution >= 0.6 is 0 Å². The predicted octanol–water partition coefficient (Wildman–Crippen LogP) is 5.46. The lowest BCUT2D eigenvalue weighted by atomic mass is 9.59. The third kappa shape index (κ3) is 6.47. The minimum Gasteiger partial charge on any atom is -0.371 e. The van der Waals surface area contributed by atoms with Crippen LogP contribution in [-0.2, 0) is 15.3 Å². The van der Waals surface area contributed by atoms with E-state index < -0.39 is 9.84 Å². The topological polar surface area (TPSA) is 85.9 Å². The monoisotopic (exact) mass is 629 g/mol. The van der Waals surface area contributed by atoms with Crippen LogP contribution in [0, 0.1) is 17.8 Å². The van der Waals surface area contributed by atoms with Gasteiger partial charge in [-0.05, 0) is 92.6 Å². The normalized spacial score (nSPS) is 22.9. The zero-order valence-corrected chi connectivity index (χ0v) is 27.6. The van der Waals surface area contributed by atoms with Gasteiger partial charge < -0.3 is 20.0 Å². The highest BCUT2D eigenvalue weighted by Crippen LogP contribution is 2.50. The third-order valence-corrected chi connectivity index (χ3v) is 12.6. The molecule has 2 aromatic carbocycles. The first-order valence-corrected chi connectivity index (χ1v) is 17.9. The first-order valence-electron chi connectivity index (χ1n) is 16.4. The Morgan fingerprint density at radius 2 is 1.56 bits per heavy atom. The average molecular weight is 630 g/mol. The number of nitrogens with zero attached hydrogens (tertiary/aromatic N) is 4.